The molecule has 16 heavy (non-hydrogen) atoms. The van der Waals surface area contributed by atoms with Crippen molar-refractivity contribution in [3.8, 4) is 0 Å². The summed E-state index contributed by atoms with van der Waals surface area (Å²) in [6, 6.07) is 0. The van der Waals surface area contributed by atoms with Gasteiger partial charge < -0.3 is 9.80 Å². The Kier molecular flexibility index (Phi) is 4.58. The molecule has 5 nitrogen and oxygen atoms in total. The molecular formula is C9H17ClN2O3S. The Hall–Kier alpha value is -0.330. The maximum absolute atomic E-state index is 11.6. The smallest absolute Gasteiger partial charge is 0.232 e. The summed E-state index contributed by atoms with van der Waals surface area (Å²) < 4.78 is 21.8. The summed E-state index contributed by atoms with van der Waals surface area (Å²) in [4.78, 5) is 15.2. The number of hydrogen-bond donors (Lipinski definition) is 0. The van der Waals surface area contributed by atoms with Gasteiger partial charge in [-0.05, 0) is 14.1 Å². The van der Waals surface area contributed by atoms with E-state index in [0.717, 1.165) is 6.54 Å². The number of nitrogens with zero attached hydrogens (tertiary/aromatic N) is 2. The molecular weight excluding hydrogens is 252 g/mol. The average molecular weight is 269 g/mol. The molecule has 0 spiro atoms. The maximum atomic E-state index is 11.6. The lowest BCUT2D eigenvalue weighted by Gasteiger charge is -2.19. The molecule has 1 aliphatic heterocycles. The highest BCUT2D eigenvalue weighted by Crippen LogP contribution is 2.20. The van der Waals surface area contributed by atoms with E-state index in [1.54, 1.807) is 4.90 Å². The Bertz CT molecular complexity index is 356. The van der Waals surface area contributed by atoms with E-state index >= 15 is 0 Å². The minimum atomic E-state index is -3.50. The second kappa shape index (κ2) is 5.33. The molecule has 0 aromatic heterocycles. The Morgan fingerprint density at radius 3 is 2.62 bits per heavy atom. The van der Waals surface area contributed by atoms with Crippen molar-refractivity contribution in [3.05, 3.63) is 0 Å². The molecule has 1 unspecified atom stereocenters. The molecule has 0 aromatic carbocycles. The predicted octanol–water partition coefficient (Wildman–Crippen LogP) is -0.0349. The number of rotatable bonds is 5. The van der Waals surface area contributed by atoms with Crippen LogP contribution in [-0.4, -0.2) is 63.6 Å². The zero-order valence-electron chi connectivity index (χ0n) is 9.52. The summed E-state index contributed by atoms with van der Waals surface area (Å²) in [6.07, 6.45) is 0.291. The molecule has 1 amide bonds. The van der Waals surface area contributed by atoms with Gasteiger partial charge in [-0.2, -0.15) is 0 Å². The van der Waals surface area contributed by atoms with Gasteiger partial charge in [-0.1, -0.05) is 0 Å². The van der Waals surface area contributed by atoms with Crippen LogP contribution in [0.2, 0.25) is 0 Å². The molecule has 1 aliphatic rings. The van der Waals surface area contributed by atoms with Gasteiger partial charge in [0.15, 0.2) is 0 Å². The van der Waals surface area contributed by atoms with Crippen LogP contribution in [-0.2, 0) is 13.8 Å². The molecule has 1 heterocycles. The molecule has 0 radical (unpaired) electrons. The Labute approximate surface area is 101 Å². The van der Waals surface area contributed by atoms with Crippen molar-refractivity contribution in [2.45, 2.75) is 6.42 Å². The van der Waals surface area contributed by atoms with Crippen LogP contribution >= 0.6 is 10.7 Å². The molecule has 94 valence electrons. The fraction of sp³-hybridized carbons (Fsp3) is 0.889. The fourth-order valence-electron chi connectivity index (χ4n) is 1.78. The van der Waals surface area contributed by atoms with Gasteiger partial charge in [-0.3, -0.25) is 4.79 Å². The van der Waals surface area contributed by atoms with E-state index < -0.39 is 9.05 Å². The average Bonchev–Trinajstić information content (AvgIpc) is 2.39. The first-order valence-corrected chi connectivity index (χ1v) is 7.60. The number of halogens is 1. The molecule has 7 heteroatoms. The fourth-order valence-corrected chi connectivity index (χ4v) is 3.10. The number of likely N-dealkylation sites (tertiary alicyclic amines) is 1. The quantitative estimate of drug-likeness (QED) is 0.657. The first-order valence-electron chi connectivity index (χ1n) is 5.13. The van der Waals surface area contributed by atoms with Crippen LogP contribution in [0.4, 0.5) is 0 Å². The lowest BCUT2D eigenvalue weighted by molar-refractivity contribution is -0.127. The standard InChI is InChI=1S/C9H17ClN2O3S/c1-11(2)3-4-12-6-8(5-9(12)13)7-16(10,14)15/h8H,3-7H2,1-2H3. The Balaban J connectivity index is 2.44. The van der Waals surface area contributed by atoms with Crippen molar-refractivity contribution in [2.24, 2.45) is 5.92 Å². The largest absolute Gasteiger partial charge is 0.341 e. The third-order valence-corrected chi connectivity index (χ3v) is 3.79. The first kappa shape index (κ1) is 13.7. The van der Waals surface area contributed by atoms with Crippen molar-refractivity contribution in [3.63, 3.8) is 0 Å². The second-order valence-corrected chi connectivity index (χ2v) is 7.24. The molecule has 1 fully saturated rings. The van der Waals surface area contributed by atoms with Crippen LogP contribution in [0.25, 0.3) is 0 Å². The Morgan fingerprint density at radius 1 is 1.50 bits per heavy atom. The van der Waals surface area contributed by atoms with Gasteiger partial charge in [0.25, 0.3) is 0 Å². The highest BCUT2D eigenvalue weighted by Gasteiger charge is 2.31. The van der Waals surface area contributed by atoms with Crippen molar-refractivity contribution in [1.82, 2.24) is 9.80 Å². The molecule has 0 N–H and O–H groups in total. The number of hydrogen-bond acceptors (Lipinski definition) is 4. The van der Waals surface area contributed by atoms with Crippen LogP contribution in [0, 0.1) is 5.92 Å². The molecule has 0 bridgehead atoms. The van der Waals surface area contributed by atoms with Gasteiger partial charge in [-0.25, -0.2) is 8.42 Å². The van der Waals surface area contributed by atoms with Gasteiger partial charge in [-0.15, -0.1) is 0 Å². The third kappa shape index (κ3) is 4.67. The summed E-state index contributed by atoms with van der Waals surface area (Å²) in [5.74, 6) is -0.247. The lowest BCUT2D eigenvalue weighted by atomic mass is 10.1. The minimum Gasteiger partial charge on any atom is -0.341 e. The predicted molar refractivity (Wildman–Crippen MR) is 62.9 cm³/mol. The molecule has 0 aromatic rings. The zero-order valence-corrected chi connectivity index (χ0v) is 11.1. The molecule has 1 saturated heterocycles. The van der Waals surface area contributed by atoms with Crippen molar-refractivity contribution in [2.75, 3.05) is 39.5 Å². The third-order valence-electron chi connectivity index (χ3n) is 2.55. The van der Waals surface area contributed by atoms with Crippen molar-refractivity contribution < 1.29 is 13.2 Å². The van der Waals surface area contributed by atoms with Gasteiger partial charge in [0, 0.05) is 42.7 Å². The van der Waals surface area contributed by atoms with Gasteiger partial charge in [0.05, 0.1) is 5.75 Å². The maximum Gasteiger partial charge on any atom is 0.232 e. The van der Waals surface area contributed by atoms with E-state index in [1.807, 2.05) is 19.0 Å². The zero-order chi connectivity index (χ0) is 12.3. The van der Waals surface area contributed by atoms with E-state index in [2.05, 4.69) is 0 Å². The second-order valence-electron chi connectivity index (χ2n) is 4.42. The SMILES string of the molecule is CN(C)CCN1CC(CS(=O)(=O)Cl)CC1=O. The van der Waals surface area contributed by atoms with Gasteiger partial charge in [0.2, 0.25) is 15.0 Å². The topological polar surface area (TPSA) is 57.7 Å². The van der Waals surface area contributed by atoms with Gasteiger partial charge in [0.1, 0.15) is 0 Å². The summed E-state index contributed by atoms with van der Waals surface area (Å²) in [7, 11) is 5.53. The van der Waals surface area contributed by atoms with Gasteiger partial charge >= 0.3 is 0 Å². The number of amides is 1. The molecule has 1 rings (SSSR count). The lowest BCUT2D eigenvalue weighted by Crippen LogP contribution is -2.33. The summed E-state index contributed by atoms with van der Waals surface area (Å²) in [5.41, 5.74) is 0. The highest BCUT2D eigenvalue weighted by atomic mass is 35.7. The van der Waals surface area contributed by atoms with Crippen molar-refractivity contribution in [1.29, 1.82) is 0 Å². The van der Waals surface area contributed by atoms with E-state index in [4.69, 9.17) is 10.7 Å². The highest BCUT2D eigenvalue weighted by molar-refractivity contribution is 8.13. The Morgan fingerprint density at radius 2 is 2.12 bits per heavy atom. The van der Waals surface area contributed by atoms with Crippen LogP contribution in [0.1, 0.15) is 6.42 Å². The number of carbonyl (C=O) groups is 1. The van der Waals surface area contributed by atoms with E-state index in [9.17, 15) is 13.2 Å². The number of likely N-dealkylation sites (N-methyl/N-ethyl adjacent to an activating group) is 1. The van der Waals surface area contributed by atoms with Crippen molar-refractivity contribution >= 4 is 25.6 Å². The molecule has 0 saturated carbocycles. The van der Waals surface area contributed by atoms with Crippen LogP contribution < -0.4 is 0 Å². The summed E-state index contributed by atoms with van der Waals surface area (Å²) in [5, 5.41) is 0. The van der Waals surface area contributed by atoms with E-state index in [-0.39, 0.29) is 17.6 Å². The normalized spacial score (nSPS) is 22.1. The minimum absolute atomic E-state index is 0.0205. The van der Waals surface area contributed by atoms with Crippen LogP contribution in [0.15, 0.2) is 0 Å². The summed E-state index contributed by atoms with van der Waals surface area (Å²) in [6.45, 7) is 1.93. The summed E-state index contributed by atoms with van der Waals surface area (Å²) >= 11 is 0. The molecule has 1 atom stereocenters. The van der Waals surface area contributed by atoms with E-state index in [0.29, 0.717) is 19.5 Å². The van der Waals surface area contributed by atoms with Crippen LogP contribution in [0.3, 0.4) is 0 Å². The number of carbonyl (C=O) groups excluding carboxylic acids is 1. The first-order chi connectivity index (χ1) is 7.28. The monoisotopic (exact) mass is 268 g/mol. The van der Waals surface area contributed by atoms with E-state index in [1.165, 1.54) is 0 Å². The molecule has 0 aliphatic carbocycles. The van der Waals surface area contributed by atoms with Crippen LogP contribution in [0.5, 0.6) is 0 Å².